The van der Waals surface area contributed by atoms with Crippen molar-refractivity contribution < 1.29 is 14.7 Å². The number of carbonyl (C=O) groups excluding carboxylic acids is 1. The molecule has 2 aromatic carbocycles. The van der Waals surface area contributed by atoms with Crippen molar-refractivity contribution in [3.05, 3.63) is 70.2 Å². The van der Waals surface area contributed by atoms with Crippen molar-refractivity contribution in [2.24, 2.45) is 5.10 Å². The van der Waals surface area contributed by atoms with Gasteiger partial charge in [-0.2, -0.15) is 5.10 Å². The topological polar surface area (TPSA) is 78.8 Å². The van der Waals surface area contributed by atoms with E-state index in [4.69, 9.17) is 16.7 Å². The minimum absolute atomic E-state index is 0.109. The number of halogens is 1. The first-order chi connectivity index (χ1) is 10.1. The van der Waals surface area contributed by atoms with Gasteiger partial charge in [0.25, 0.3) is 5.91 Å². The largest absolute Gasteiger partial charge is 0.478 e. The van der Waals surface area contributed by atoms with Crippen LogP contribution < -0.4 is 5.43 Å². The second kappa shape index (κ2) is 6.67. The summed E-state index contributed by atoms with van der Waals surface area (Å²) in [4.78, 5) is 22.8. The van der Waals surface area contributed by atoms with Gasteiger partial charge < -0.3 is 5.11 Å². The van der Waals surface area contributed by atoms with E-state index in [0.717, 1.165) is 0 Å². The highest BCUT2D eigenvalue weighted by molar-refractivity contribution is 6.30. The molecule has 0 heterocycles. The third-order valence-electron chi connectivity index (χ3n) is 2.65. The maximum Gasteiger partial charge on any atom is 0.336 e. The van der Waals surface area contributed by atoms with E-state index in [2.05, 4.69) is 10.5 Å². The molecule has 2 N–H and O–H groups in total. The van der Waals surface area contributed by atoms with E-state index in [9.17, 15) is 9.59 Å². The molecule has 0 bridgehead atoms. The van der Waals surface area contributed by atoms with Crippen molar-refractivity contribution in [1.29, 1.82) is 0 Å². The summed E-state index contributed by atoms with van der Waals surface area (Å²) < 4.78 is 0. The van der Waals surface area contributed by atoms with Gasteiger partial charge in [-0.15, -0.1) is 0 Å². The van der Waals surface area contributed by atoms with Gasteiger partial charge in [-0.25, -0.2) is 10.2 Å². The van der Waals surface area contributed by atoms with Crippen LogP contribution >= 0.6 is 11.6 Å². The maximum absolute atomic E-state index is 11.8. The van der Waals surface area contributed by atoms with Gasteiger partial charge in [0, 0.05) is 16.1 Å². The van der Waals surface area contributed by atoms with Crippen molar-refractivity contribution in [2.45, 2.75) is 0 Å². The van der Waals surface area contributed by atoms with Gasteiger partial charge in [0.1, 0.15) is 0 Å². The van der Waals surface area contributed by atoms with E-state index in [1.807, 2.05) is 0 Å². The van der Waals surface area contributed by atoms with Crippen LogP contribution in [0.15, 0.2) is 53.6 Å². The fourth-order valence-corrected chi connectivity index (χ4v) is 1.85. The number of benzene rings is 2. The van der Waals surface area contributed by atoms with Gasteiger partial charge in [-0.1, -0.05) is 35.9 Å². The minimum Gasteiger partial charge on any atom is -0.478 e. The maximum atomic E-state index is 11.8. The summed E-state index contributed by atoms with van der Waals surface area (Å²) in [7, 11) is 0. The molecule has 0 radical (unpaired) electrons. The molecule has 106 valence electrons. The van der Waals surface area contributed by atoms with Gasteiger partial charge in [-0.05, 0) is 24.3 Å². The first-order valence-electron chi connectivity index (χ1n) is 5.99. The molecule has 21 heavy (non-hydrogen) atoms. The first-order valence-corrected chi connectivity index (χ1v) is 6.37. The third kappa shape index (κ3) is 3.90. The molecule has 2 rings (SSSR count). The van der Waals surface area contributed by atoms with E-state index in [1.165, 1.54) is 18.3 Å². The summed E-state index contributed by atoms with van der Waals surface area (Å²) in [5.41, 5.74) is 3.20. The standard InChI is InChI=1S/C15H11ClN2O3/c16-12-6-3-5-10(8-12)14(19)18-17-9-11-4-1-2-7-13(11)15(20)21/h1-9H,(H,18,19)(H,20,21)/b17-9+. The Morgan fingerprint density at radius 2 is 1.90 bits per heavy atom. The molecule has 0 spiro atoms. The highest BCUT2D eigenvalue weighted by atomic mass is 35.5. The Bertz CT molecular complexity index is 714. The predicted molar refractivity (Wildman–Crippen MR) is 79.9 cm³/mol. The van der Waals surface area contributed by atoms with Crippen LogP contribution in [0.2, 0.25) is 5.02 Å². The molecule has 0 saturated heterocycles. The van der Waals surface area contributed by atoms with Crippen LogP contribution in [0, 0.1) is 0 Å². The zero-order valence-corrected chi connectivity index (χ0v) is 11.5. The molecule has 0 aliphatic carbocycles. The molecule has 0 aromatic heterocycles. The minimum atomic E-state index is -1.06. The molecular formula is C15H11ClN2O3. The average molecular weight is 303 g/mol. The summed E-state index contributed by atoms with van der Waals surface area (Å²) in [6.07, 6.45) is 1.28. The fraction of sp³-hybridized carbons (Fsp3) is 0. The molecule has 0 fully saturated rings. The lowest BCUT2D eigenvalue weighted by Crippen LogP contribution is -2.17. The SMILES string of the molecule is O=C(N/N=C/c1ccccc1C(=O)O)c1cccc(Cl)c1. The van der Waals surface area contributed by atoms with Gasteiger partial charge in [0.2, 0.25) is 0 Å². The average Bonchev–Trinajstić information content (AvgIpc) is 2.47. The quantitative estimate of drug-likeness (QED) is 0.673. The van der Waals surface area contributed by atoms with Gasteiger partial charge in [-0.3, -0.25) is 4.79 Å². The van der Waals surface area contributed by atoms with Gasteiger partial charge in [0.15, 0.2) is 0 Å². The van der Waals surface area contributed by atoms with Crippen molar-refractivity contribution in [3.63, 3.8) is 0 Å². The second-order valence-corrected chi connectivity index (χ2v) is 4.54. The molecular weight excluding hydrogens is 292 g/mol. The molecule has 0 unspecified atom stereocenters. The van der Waals surface area contributed by atoms with Crippen molar-refractivity contribution in [2.75, 3.05) is 0 Å². The smallest absolute Gasteiger partial charge is 0.336 e. The summed E-state index contributed by atoms with van der Waals surface area (Å²) >= 11 is 5.79. The lowest BCUT2D eigenvalue weighted by atomic mass is 10.1. The summed E-state index contributed by atoms with van der Waals surface area (Å²) in [5.74, 6) is -1.49. The zero-order valence-electron chi connectivity index (χ0n) is 10.8. The van der Waals surface area contributed by atoms with Crippen molar-refractivity contribution >= 4 is 29.7 Å². The number of hydrazone groups is 1. The number of nitrogens with one attached hydrogen (secondary N) is 1. The molecule has 6 heteroatoms. The van der Waals surface area contributed by atoms with Crippen LogP contribution in [0.5, 0.6) is 0 Å². The number of hydrogen-bond acceptors (Lipinski definition) is 3. The number of rotatable bonds is 4. The van der Waals surface area contributed by atoms with Gasteiger partial charge >= 0.3 is 5.97 Å². The Kier molecular flexibility index (Phi) is 4.68. The molecule has 0 atom stereocenters. The van der Waals surface area contributed by atoms with Crippen LogP contribution in [0.1, 0.15) is 26.3 Å². The molecule has 0 aliphatic rings. The number of carboxylic acid groups (broad SMARTS) is 1. The molecule has 5 nitrogen and oxygen atoms in total. The van der Waals surface area contributed by atoms with Crippen molar-refractivity contribution in [1.82, 2.24) is 5.43 Å². The first kappa shape index (κ1) is 14.7. The molecule has 0 saturated carbocycles. The number of carbonyl (C=O) groups is 2. The number of hydrogen-bond donors (Lipinski definition) is 2. The fourth-order valence-electron chi connectivity index (χ4n) is 1.66. The number of amides is 1. The summed E-state index contributed by atoms with van der Waals surface area (Å²) in [5, 5.41) is 13.2. The van der Waals surface area contributed by atoms with Crippen LogP contribution in [0.4, 0.5) is 0 Å². The number of carboxylic acids is 1. The van der Waals surface area contributed by atoms with E-state index in [-0.39, 0.29) is 5.56 Å². The predicted octanol–water partition coefficient (Wildman–Crippen LogP) is 2.80. The Morgan fingerprint density at radius 3 is 2.62 bits per heavy atom. The van der Waals surface area contributed by atoms with Gasteiger partial charge in [0.05, 0.1) is 11.8 Å². The highest BCUT2D eigenvalue weighted by Gasteiger charge is 2.07. The van der Waals surface area contributed by atoms with E-state index >= 15 is 0 Å². The van der Waals surface area contributed by atoms with Crippen LogP contribution in [-0.4, -0.2) is 23.2 Å². The molecule has 0 aliphatic heterocycles. The van der Waals surface area contributed by atoms with Crippen LogP contribution in [0.3, 0.4) is 0 Å². The van der Waals surface area contributed by atoms with Crippen LogP contribution in [-0.2, 0) is 0 Å². The van der Waals surface area contributed by atoms with E-state index in [1.54, 1.807) is 36.4 Å². The summed E-state index contributed by atoms with van der Waals surface area (Å²) in [6, 6.07) is 12.8. The highest BCUT2D eigenvalue weighted by Crippen LogP contribution is 2.10. The Labute approximate surface area is 125 Å². The summed E-state index contributed by atoms with van der Waals surface area (Å²) in [6.45, 7) is 0. The Morgan fingerprint density at radius 1 is 1.14 bits per heavy atom. The monoisotopic (exact) mass is 302 g/mol. The lowest BCUT2D eigenvalue weighted by Gasteiger charge is -2.01. The normalized spacial score (nSPS) is 10.5. The second-order valence-electron chi connectivity index (χ2n) is 4.10. The van der Waals surface area contributed by atoms with Crippen molar-refractivity contribution in [3.8, 4) is 0 Å². The molecule has 1 amide bonds. The third-order valence-corrected chi connectivity index (χ3v) is 2.88. The molecule has 2 aromatic rings. The van der Waals surface area contributed by atoms with E-state index in [0.29, 0.717) is 16.1 Å². The van der Waals surface area contributed by atoms with Crippen LogP contribution in [0.25, 0.3) is 0 Å². The Hall–Kier alpha value is -2.66. The lowest BCUT2D eigenvalue weighted by molar-refractivity contribution is 0.0696. The Balaban J connectivity index is 2.09. The number of aromatic carboxylic acids is 1. The van der Waals surface area contributed by atoms with E-state index < -0.39 is 11.9 Å². The zero-order chi connectivity index (χ0) is 15.2. The number of nitrogens with zero attached hydrogens (tertiary/aromatic N) is 1.